The van der Waals surface area contributed by atoms with Gasteiger partial charge in [0.25, 0.3) is 0 Å². The molecule has 2 aromatic carbocycles. The van der Waals surface area contributed by atoms with Crippen LogP contribution in [0, 0.1) is 0 Å². The Hall–Kier alpha value is -1.68. The van der Waals surface area contributed by atoms with Crippen LogP contribution in [0.25, 0.3) is 0 Å². The predicted octanol–water partition coefficient (Wildman–Crippen LogP) is 3.56. The summed E-state index contributed by atoms with van der Waals surface area (Å²) in [6.45, 7) is 0.292. The average Bonchev–Trinajstić information content (AvgIpc) is 2.90. The minimum atomic E-state index is -1.11. The van der Waals surface area contributed by atoms with Gasteiger partial charge in [-0.1, -0.05) is 60.7 Å². The number of rotatable bonds is 5. The zero-order valence-corrected chi connectivity index (χ0v) is 14.8. The lowest BCUT2D eigenvalue weighted by Gasteiger charge is -2.39. The van der Waals surface area contributed by atoms with Crippen LogP contribution in [0.2, 0.25) is 0 Å². The van der Waals surface area contributed by atoms with Gasteiger partial charge in [0, 0.05) is 12.1 Å². The quantitative estimate of drug-likeness (QED) is 0.905. The first-order chi connectivity index (χ1) is 12.2. The smallest absolute Gasteiger partial charge is 0.138 e. The van der Waals surface area contributed by atoms with Gasteiger partial charge in [-0.2, -0.15) is 0 Å². The molecule has 0 spiro atoms. The standard InChI is InChI=1S/C22H27NO2/c1-23-19-12-14-20(23)21(15-13-19)25-16-22(24,17-8-4-2-5-9-17)18-10-6-3-7-11-18/h2-11,19-21,24H,12-16H2,1H3/t19?,20?,21-/m1/s1. The summed E-state index contributed by atoms with van der Waals surface area (Å²) in [5.74, 6) is 0. The maximum atomic E-state index is 11.6. The van der Waals surface area contributed by atoms with Gasteiger partial charge < -0.3 is 9.84 Å². The van der Waals surface area contributed by atoms with E-state index in [2.05, 4.69) is 11.9 Å². The first-order valence-corrected chi connectivity index (χ1v) is 9.35. The molecule has 0 aliphatic carbocycles. The summed E-state index contributed by atoms with van der Waals surface area (Å²) in [5, 5.41) is 11.6. The number of nitrogens with zero attached hydrogens (tertiary/aromatic N) is 1. The van der Waals surface area contributed by atoms with Gasteiger partial charge in [0.05, 0.1) is 12.7 Å². The van der Waals surface area contributed by atoms with Crippen LogP contribution in [0.1, 0.15) is 36.8 Å². The van der Waals surface area contributed by atoms with Crippen molar-refractivity contribution < 1.29 is 9.84 Å². The molecule has 3 heteroatoms. The van der Waals surface area contributed by atoms with E-state index < -0.39 is 5.60 Å². The Morgan fingerprint density at radius 3 is 2.08 bits per heavy atom. The van der Waals surface area contributed by atoms with Gasteiger partial charge in [0.2, 0.25) is 0 Å². The Kier molecular flexibility index (Phi) is 4.63. The molecule has 2 aromatic rings. The Morgan fingerprint density at radius 2 is 1.48 bits per heavy atom. The van der Waals surface area contributed by atoms with Crippen molar-refractivity contribution in [3.63, 3.8) is 0 Å². The number of aliphatic hydroxyl groups is 1. The topological polar surface area (TPSA) is 32.7 Å². The number of piperidine rings is 1. The SMILES string of the molecule is CN1C2CCC1[C@H](OCC(O)(c1ccccc1)c1ccccc1)CC2. The fourth-order valence-electron chi connectivity index (χ4n) is 4.57. The van der Waals surface area contributed by atoms with Crippen molar-refractivity contribution in [2.24, 2.45) is 0 Å². The maximum Gasteiger partial charge on any atom is 0.138 e. The fraction of sp³-hybridized carbons (Fsp3) is 0.455. The minimum Gasteiger partial charge on any atom is -0.378 e. The molecule has 0 saturated carbocycles. The second kappa shape index (κ2) is 6.91. The van der Waals surface area contributed by atoms with Gasteiger partial charge >= 0.3 is 0 Å². The van der Waals surface area contributed by atoms with Crippen LogP contribution >= 0.6 is 0 Å². The summed E-state index contributed by atoms with van der Waals surface area (Å²) >= 11 is 0. The van der Waals surface area contributed by atoms with Gasteiger partial charge in [-0.05, 0) is 43.9 Å². The van der Waals surface area contributed by atoms with E-state index in [1.165, 1.54) is 19.3 Å². The molecule has 2 unspecified atom stereocenters. The summed E-state index contributed by atoms with van der Waals surface area (Å²) in [6.07, 6.45) is 5.00. The van der Waals surface area contributed by atoms with Crippen LogP contribution in [0.5, 0.6) is 0 Å². The Balaban J connectivity index is 1.57. The number of hydrogen-bond donors (Lipinski definition) is 1. The molecule has 2 aliphatic rings. The predicted molar refractivity (Wildman–Crippen MR) is 99.4 cm³/mol. The average molecular weight is 337 g/mol. The largest absolute Gasteiger partial charge is 0.378 e. The van der Waals surface area contributed by atoms with Crippen molar-refractivity contribution in [2.75, 3.05) is 13.7 Å². The Bertz CT molecular complexity index is 648. The molecule has 3 atom stereocenters. The lowest BCUT2D eigenvalue weighted by molar-refractivity contribution is -0.0894. The summed E-state index contributed by atoms with van der Waals surface area (Å²) < 4.78 is 6.37. The zero-order valence-electron chi connectivity index (χ0n) is 14.8. The number of benzene rings is 2. The normalized spacial score (nSPS) is 26.7. The summed E-state index contributed by atoms with van der Waals surface area (Å²) in [6, 6.07) is 21.0. The molecular formula is C22H27NO2. The van der Waals surface area contributed by atoms with Gasteiger partial charge in [-0.25, -0.2) is 0 Å². The van der Waals surface area contributed by atoms with Crippen molar-refractivity contribution in [3.8, 4) is 0 Å². The van der Waals surface area contributed by atoms with E-state index in [4.69, 9.17) is 4.74 Å². The van der Waals surface area contributed by atoms with E-state index in [1.54, 1.807) is 0 Å². The van der Waals surface area contributed by atoms with Crippen LogP contribution < -0.4 is 0 Å². The molecule has 2 bridgehead atoms. The van der Waals surface area contributed by atoms with E-state index in [-0.39, 0.29) is 6.10 Å². The molecule has 2 heterocycles. The van der Waals surface area contributed by atoms with Gasteiger partial charge in [-0.15, -0.1) is 0 Å². The second-order valence-corrected chi connectivity index (χ2v) is 7.48. The van der Waals surface area contributed by atoms with E-state index in [0.717, 1.165) is 23.6 Å². The second-order valence-electron chi connectivity index (χ2n) is 7.48. The van der Waals surface area contributed by atoms with Crippen molar-refractivity contribution >= 4 is 0 Å². The molecule has 2 fully saturated rings. The van der Waals surface area contributed by atoms with E-state index in [1.807, 2.05) is 60.7 Å². The molecule has 4 rings (SSSR count). The fourth-order valence-corrected chi connectivity index (χ4v) is 4.57. The third-order valence-corrected chi connectivity index (χ3v) is 6.12. The molecule has 0 aromatic heterocycles. The van der Waals surface area contributed by atoms with Gasteiger partial charge in [-0.3, -0.25) is 4.90 Å². The van der Waals surface area contributed by atoms with Crippen LogP contribution in [0.15, 0.2) is 60.7 Å². The first kappa shape index (κ1) is 16.8. The minimum absolute atomic E-state index is 0.211. The lowest BCUT2D eigenvalue weighted by Crippen LogP contribution is -2.47. The van der Waals surface area contributed by atoms with Crippen molar-refractivity contribution in [1.82, 2.24) is 4.90 Å². The highest BCUT2D eigenvalue weighted by Gasteiger charge is 2.42. The van der Waals surface area contributed by atoms with Crippen molar-refractivity contribution in [3.05, 3.63) is 71.8 Å². The van der Waals surface area contributed by atoms with Gasteiger partial charge in [0.15, 0.2) is 0 Å². The maximum absolute atomic E-state index is 11.6. The van der Waals surface area contributed by atoms with E-state index in [0.29, 0.717) is 12.6 Å². The molecule has 0 amide bonds. The third kappa shape index (κ3) is 3.12. The van der Waals surface area contributed by atoms with Crippen LogP contribution in [-0.4, -0.2) is 41.8 Å². The molecule has 3 nitrogen and oxygen atoms in total. The zero-order chi connectivity index (χ0) is 17.3. The summed E-state index contributed by atoms with van der Waals surface area (Å²) in [5.41, 5.74) is 0.653. The summed E-state index contributed by atoms with van der Waals surface area (Å²) in [4.78, 5) is 2.48. The monoisotopic (exact) mass is 337 g/mol. The van der Waals surface area contributed by atoms with Gasteiger partial charge in [0.1, 0.15) is 5.60 Å². The number of likely N-dealkylation sites (N-methyl/N-ethyl adjacent to an activating group) is 1. The van der Waals surface area contributed by atoms with E-state index >= 15 is 0 Å². The molecule has 132 valence electrons. The number of hydrogen-bond acceptors (Lipinski definition) is 3. The molecule has 1 N–H and O–H groups in total. The van der Waals surface area contributed by atoms with E-state index in [9.17, 15) is 5.11 Å². The summed E-state index contributed by atoms with van der Waals surface area (Å²) in [7, 11) is 2.22. The first-order valence-electron chi connectivity index (χ1n) is 9.35. The highest BCUT2D eigenvalue weighted by Crippen LogP contribution is 2.37. The highest BCUT2D eigenvalue weighted by molar-refractivity contribution is 5.36. The molecule has 25 heavy (non-hydrogen) atoms. The molecule has 0 radical (unpaired) electrons. The van der Waals surface area contributed by atoms with Crippen LogP contribution in [-0.2, 0) is 10.3 Å². The van der Waals surface area contributed by atoms with Crippen LogP contribution in [0.4, 0.5) is 0 Å². The highest BCUT2D eigenvalue weighted by atomic mass is 16.5. The van der Waals surface area contributed by atoms with Crippen molar-refractivity contribution in [2.45, 2.75) is 49.5 Å². The van der Waals surface area contributed by atoms with Crippen molar-refractivity contribution in [1.29, 1.82) is 0 Å². The Morgan fingerprint density at radius 1 is 0.920 bits per heavy atom. The lowest BCUT2D eigenvalue weighted by atomic mass is 9.87. The Labute approximate surface area is 150 Å². The molecule has 2 saturated heterocycles. The number of fused-ring (bicyclic) bond motifs is 2. The molecular weight excluding hydrogens is 310 g/mol. The number of ether oxygens (including phenoxy) is 1. The molecule has 2 aliphatic heterocycles. The van der Waals surface area contributed by atoms with Crippen LogP contribution in [0.3, 0.4) is 0 Å². The third-order valence-electron chi connectivity index (χ3n) is 6.12.